The molecule has 0 aliphatic heterocycles. The van der Waals surface area contributed by atoms with Crippen LogP contribution in [0.3, 0.4) is 0 Å². The quantitative estimate of drug-likeness (QED) is 0.534. The Morgan fingerprint density at radius 2 is 2.06 bits per heavy atom. The Labute approximate surface area is 103 Å². The summed E-state index contributed by atoms with van der Waals surface area (Å²) in [6.45, 7) is 9.65. The van der Waals surface area contributed by atoms with Crippen molar-refractivity contribution >= 4 is 7.37 Å². The van der Waals surface area contributed by atoms with Gasteiger partial charge in [-0.05, 0) is 12.5 Å². The highest BCUT2D eigenvalue weighted by molar-refractivity contribution is 7.59. The molecule has 1 aromatic rings. The van der Waals surface area contributed by atoms with E-state index >= 15 is 0 Å². The molecule has 0 aliphatic carbocycles. The van der Waals surface area contributed by atoms with Crippen LogP contribution in [0.1, 0.15) is 12.5 Å². The van der Waals surface area contributed by atoms with Gasteiger partial charge in [-0.15, -0.1) is 6.58 Å². The summed E-state index contributed by atoms with van der Waals surface area (Å²) in [4.78, 5) is 0. The minimum Gasteiger partial charge on any atom is -0.323 e. The van der Waals surface area contributed by atoms with Crippen molar-refractivity contribution in [2.24, 2.45) is 0 Å². The van der Waals surface area contributed by atoms with Crippen LogP contribution in [0, 0.1) is 0 Å². The minimum absolute atomic E-state index is 0.374. The number of hydrogen-bond donors (Lipinski definition) is 0. The second-order valence-corrected chi connectivity index (χ2v) is 6.73. The van der Waals surface area contributed by atoms with Crippen molar-refractivity contribution in [3.05, 3.63) is 60.7 Å². The van der Waals surface area contributed by atoms with Gasteiger partial charge < -0.3 is 4.52 Å². The molecule has 2 nitrogen and oxygen atoms in total. The van der Waals surface area contributed by atoms with Gasteiger partial charge in [-0.25, -0.2) is 0 Å². The average Bonchev–Trinajstić information content (AvgIpc) is 2.27. The van der Waals surface area contributed by atoms with Crippen LogP contribution in [-0.4, -0.2) is 12.3 Å². The Bertz CT molecular complexity index is 423. The summed E-state index contributed by atoms with van der Waals surface area (Å²) in [7, 11) is -2.66. The van der Waals surface area contributed by atoms with E-state index in [1.165, 1.54) is 0 Å². The predicted molar refractivity (Wildman–Crippen MR) is 73.6 cm³/mol. The van der Waals surface area contributed by atoms with E-state index in [9.17, 15) is 4.57 Å². The molecular weight excluding hydrogens is 231 g/mol. The molecule has 0 spiro atoms. The van der Waals surface area contributed by atoms with Crippen LogP contribution in [0.4, 0.5) is 0 Å². The Kier molecular flexibility index (Phi) is 5.40. The largest absolute Gasteiger partial charge is 0.323 e. The van der Waals surface area contributed by atoms with Gasteiger partial charge in [0.2, 0.25) is 7.37 Å². The lowest BCUT2D eigenvalue weighted by Crippen LogP contribution is -2.00. The fourth-order valence-corrected chi connectivity index (χ4v) is 3.46. The Morgan fingerprint density at radius 1 is 1.41 bits per heavy atom. The first-order valence-corrected chi connectivity index (χ1v) is 7.57. The van der Waals surface area contributed by atoms with Crippen molar-refractivity contribution in [1.82, 2.24) is 0 Å². The molecule has 0 bridgehead atoms. The normalized spacial score (nSPS) is 13.9. The zero-order valence-corrected chi connectivity index (χ0v) is 11.2. The van der Waals surface area contributed by atoms with E-state index in [1.807, 2.05) is 37.3 Å². The molecule has 1 aromatic carbocycles. The van der Waals surface area contributed by atoms with Crippen LogP contribution in [0.15, 0.2) is 55.1 Å². The molecular formula is C14H19O2P. The van der Waals surface area contributed by atoms with Crippen molar-refractivity contribution in [2.45, 2.75) is 13.5 Å². The summed E-state index contributed by atoms with van der Waals surface area (Å²) in [6.07, 6.45) is 2.47. The topological polar surface area (TPSA) is 26.3 Å². The monoisotopic (exact) mass is 250 g/mol. The van der Waals surface area contributed by atoms with E-state index in [0.717, 1.165) is 11.1 Å². The molecule has 1 unspecified atom stereocenters. The maximum atomic E-state index is 12.4. The first-order valence-electron chi connectivity index (χ1n) is 5.57. The minimum atomic E-state index is -2.66. The maximum absolute atomic E-state index is 12.4. The molecule has 0 amide bonds. The summed E-state index contributed by atoms with van der Waals surface area (Å²) in [5.74, 6) is 0. The third-order valence-electron chi connectivity index (χ3n) is 2.23. The fourth-order valence-electron chi connectivity index (χ4n) is 1.54. The van der Waals surface area contributed by atoms with Gasteiger partial charge in [0.05, 0.1) is 6.61 Å². The standard InChI is InChI=1S/C14H19O2P/c1-4-10-17(15,12-13(2)3)16-11-14-8-6-5-7-9-14/h4-9H,1-2,10-12H2,3H3. The molecule has 0 fully saturated rings. The van der Waals surface area contributed by atoms with Crippen molar-refractivity contribution in [3.63, 3.8) is 0 Å². The van der Waals surface area contributed by atoms with Crippen LogP contribution in [-0.2, 0) is 15.7 Å². The molecule has 0 saturated carbocycles. The highest BCUT2D eigenvalue weighted by Gasteiger charge is 2.21. The van der Waals surface area contributed by atoms with Crippen molar-refractivity contribution in [1.29, 1.82) is 0 Å². The zero-order chi connectivity index (χ0) is 12.7. The smallest absolute Gasteiger partial charge is 0.211 e. The molecule has 92 valence electrons. The van der Waals surface area contributed by atoms with Crippen molar-refractivity contribution in [3.8, 4) is 0 Å². The molecule has 0 radical (unpaired) electrons. The van der Waals surface area contributed by atoms with Gasteiger partial charge in [-0.2, -0.15) is 0 Å². The average molecular weight is 250 g/mol. The van der Waals surface area contributed by atoms with Crippen LogP contribution in [0.25, 0.3) is 0 Å². The molecule has 0 aliphatic rings. The summed E-state index contributed by atoms with van der Waals surface area (Å²) < 4.78 is 18.0. The molecule has 0 heterocycles. The number of rotatable bonds is 7. The second kappa shape index (κ2) is 6.58. The second-order valence-electron chi connectivity index (χ2n) is 4.16. The predicted octanol–water partition coefficient (Wildman–Crippen LogP) is 4.24. The lowest BCUT2D eigenvalue weighted by molar-refractivity contribution is 0.305. The third-order valence-corrected chi connectivity index (χ3v) is 4.66. The van der Waals surface area contributed by atoms with E-state index in [4.69, 9.17) is 4.52 Å². The maximum Gasteiger partial charge on any atom is 0.211 e. The molecule has 0 N–H and O–H groups in total. The number of allylic oxidation sites excluding steroid dienone is 2. The van der Waals surface area contributed by atoms with Crippen molar-refractivity contribution in [2.75, 3.05) is 12.3 Å². The lowest BCUT2D eigenvalue weighted by Gasteiger charge is -2.17. The van der Waals surface area contributed by atoms with Gasteiger partial charge >= 0.3 is 0 Å². The van der Waals surface area contributed by atoms with Gasteiger partial charge in [0.15, 0.2) is 0 Å². The number of benzene rings is 1. The van der Waals surface area contributed by atoms with Gasteiger partial charge in [-0.1, -0.05) is 48.6 Å². The van der Waals surface area contributed by atoms with Crippen LogP contribution < -0.4 is 0 Å². The Morgan fingerprint density at radius 3 is 2.59 bits per heavy atom. The summed E-state index contributed by atoms with van der Waals surface area (Å²) in [5, 5.41) is 0. The summed E-state index contributed by atoms with van der Waals surface area (Å²) in [5.41, 5.74) is 1.90. The fraction of sp³-hybridized carbons (Fsp3) is 0.286. The molecule has 3 heteroatoms. The lowest BCUT2D eigenvalue weighted by atomic mass is 10.2. The zero-order valence-electron chi connectivity index (χ0n) is 10.3. The van der Waals surface area contributed by atoms with Gasteiger partial charge in [0.1, 0.15) is 0 Å². The Balaban J connectivity index is 2.64. The molecule has 17 heavy (non-hydrogen) atoms. The van der Waals surface area contributed by atoms with Gasteiger partial charge in [0.25, 0.3) is 0 Å². The van der Waals surface area contributed by atoms with Crippen molar-refractivity contribution < 1.29 is 9.09 Å². The van der Waals surface area contributed by atoms with Crippen LogP contribution in [0.5, 0.6) is 0 Å². The van der Waals surface area contributed by atoms with E-state index < -0.39 is 7.37 Å². The summed E-state index contributed by atoms with van der Waals surface area (Å²) >= 11 is 0. The van der Waals surface area contributed by atoms with Gasteiger partial charge in [-0.3, -0.25) is 4.57 Å². The number of hydrogen-bond acceptors (Lipinski definition) is 2. The summed E-state index contributed by atoms with van der Waals surface area (Å²) in [6, 6.07) is 9.74. The Hall–Kier alpha value is -1.11. The van der Waals surface area contributed by atoms with E-state index in [1.54, 1.807) is 6.08 Å². The first kappa shape index (κ1) is 14.0. The molecule has 1 atom stereocenters. The molecule has 1 rings (SSSR count). The van der Waals surface area contributed by atoms with E-state index in [2.05, 4.69) is 13.2 Å². The third kappa shape index (κ3) is 5.16. The van der Waals surface area contributed by atoms with Crippen LogP contribution >= 0.6 is 7.37 Å². The highest BCUT2D eigenvalue weighted by Crippen LogP contribution is 2.48. The van der Waals surface area contributed by atoms with Gasteiger partial charge in [0, 0.05) is 12.3 Å². The molecule has 0 aromatic heterocycles. The van der Waals surface area contributed by atoms with E-state index in [0.29, 0.717) is 18.9 Å². The SMILES string of the molecule is C=CCP(=O)(CC(=C)C)OCc1ccccc1. The van der Waals surface area contributed by atoms with Crippen LogP contribution in [0.2, 0.25) is 0 Å². The first-order chi connectivity index (χ1) is 8.06. The highest BCUT2D eigenvalue weighted by atomic mass is 31.2. The molecule has 0 saturated heterocycles. The van der Waals surface area contributed by atoms with E-state index in [-0.39, 0.29) is 0 Å².